The fourth-order valence-electron chi connectivity index (χ4n) is 2.07. The van der Waals surface area contributed by atoms with E-state index in [0.717, 1.165) is 6.42 Å². The zero-order valence-electron chi connectivity index (χ0n) is 10.5. The third-order valence-corrected chi connectivity index (χ3v) is 4.20. The van der Waals surface area contributed by atoms with Gasteiger partial charge in [-0.3, -0.25) is 4.72 Å². The van der Waals surface area contributed by atoms with Crippen LogP contribution in [0.2, 0.25) is 0 Å². The molecule has 8 heteroatoms. The van der Waals surface area contributed by atoms with Crippen LogP contribution in [-0.4, -0.2) is 42.9 Å². The number of hydrogen-bond acceptors (Lipinski definition) is 4. The van der Waals surface area contributed by atoms with E-state index in [1.54, 1.807) is 6.92 Å². The predicted octanol–water partition coefficient (Wildman–Crippen LogP) is 0.942. The van der Waals surface area contributed by atoms with Gasteiger partial charge in [-0.2, -0.15) is 0 Å². The fourth-order valence-corrected chi connectivity index (χ4v) is 3.40. The summed E-state index contributed by atoms with van der Waals surface area (Å²) in [7, 11) is -3.62. The SMILES string of the molecule is Cc1cc(NS(=O)(=O)CC2CCCO2)c(C(=O)O)[nH]1. The lowest BCUT2D eigenvalue weighted by Crippen LogP contribution is -2.26. The van der Waals surface area contributed by atoms with Crippen LogP contribution in [0.5, 0.6) is 0 Å². The molecule has 7 nitrogen and oxygen atoms in total. The molecule has 1 aliphatic rings. The average Bonchev–Trinajstić information content (AvgIpc) is 2.86. The van der Waals surface area contributed by atoms with Crippen LogP contribution < -0.4 is 4.72 Å². The Morgan fingerprint density at radius 2 is 2.37 bits per heavy atom. The fraction of sp³-hybridized carbons (Fsp3) is 0.545. The quantitative estimate of drug-likeness (QED) is 0.747. The Labute approximate surface area is 111 Å². The second kappa shape index (κ2) is 5.22. The normalized spacial score (nSPS) is 19.5. The number of sulfonamides is 1. The highest BCUT2D eigenvalue weighted by Gasteiger charge is 2.25. The summed E-state index contributed by atoms with van der Waals surface area (Å²) in [5, 5.41) is 8.97. The number of aromatic amines is 1. The van der Waals surface area contributed by atoms with Gasteiger partial charge < -0.3 is 14.8 Å². The third-order valence-electron chi connectivity index (χ3n) is 2.86. The molecule has 0 amide bonds. The van der Waals surface area contributed by atoms with E-state index in [4.69, 9.17) is 9.84 Å². The van der Waals surface area contributed by atoms with Gasteiger partial charge in [-0.15, -0.1) is 0 Å². The molecule has 0 radical (unpaired) electrons. The molecular weight excluding hydrogens is 272 g/mol. The summed E-state index contributed by atoms with van der Waals surface area (Å²) in [6.45, 7) is 2.23. The second-order valence-electron chi connectivity index (χ2n) is 4.56. The number of aromatic nitrogens is 1. The van der Waals surface area contributed by atoms with Crippen LogP contribution in [-0.2, 0) is 14.8 Å². The Bertz CT molecular complexity index is 572. The van der Waals surface area contributed by atoms with Crippen molar-refractivity contribution in [2.75, 3.05) is 17.1 Å². The van der Waals surface area contributed by atoms with E-state index in [1.165, 1.54) is 6.07 Å². The summed E-state index contributed by atoms with van der Waals surface area (Å²) >= 11 is 0. The minimum Gasteiger partial charge on any atom is -0.477 e. The summed E-state index contributed by atoms with van der Waals surface area (Å²) in [5.41, 5.74) is 0.476. The van der Waals surface area contributed by atoms with Crippen molar-refractivity contribution in [1.29, 1.82) is 0 Å². The number of ether oxygens (including phenoxy) is 1. The van der Waals surface area contributed by atoms with E-state index in [0.29, 0.717) is 18.7 Å². The van der Waals surface area contributed by atoms with Gasteiger partial charge in [0.1, 0.15) is 5.69 Å². The Morgan fingerprint density at radius 3 is 2.95 bits per heavy atom. The van der Waals surface area contributed by atoms with Crippen LogP contribution in [0.1, 0.15) is 29.0 Å². The maximum atomic E-state index is 11.9. The predicted molar refractivity (Wildman–Crippen MR) is 68.9 cm³/mol. The number of carboxylic acid groups (broad SMARTS) is 1. The molecule has 1 atom stereocenters. The minimum atomic E-state index is -3.62. The number of hydrogen-bond donors (Lipinski definition) is 3. The van der Waals surface area contributed by atoms with Crippen LogP contribution in [0.4, 0.5) is 5.69 Å². The molecule has 1 aromatic heterocycles. The molecule has 0 bridgehead atoms. The van der Waals surface area contributed by atoms with E-state index in [2.05, 4.69) is 9.71 Å². The molecule has 19 heavy (non-hydrogen) atoms. The number of aromatic carboxylic acids is 1. The van der Waals surface area contributed by atoms with Crippen molar-refractivity contribution < 1.29 is 23.1 Å². The first-order valence-corrected chi connectivity index (χ1v) is 7.57. The van der Waals surface area contributed by atoms with Crippen LogP contribution in [0, 0.1) is 6.92 Å². The highest BCUT2D eigenvalue weighted by atomic mass is 32.2. The molecule has 106 valence electrons. The van der Waals surface area contributed by atoms with Gasteiger partial charge >= 0.3 is 5.97 Å². The Morgan fingerprint density at radius 1 is 1.63 bits per heavy atom. The van der Waals surface area contributed by atoms with E-state index in [9.17, 15) is 13.2 Å². The van der Waals surface area contributed by atoms with Gasteiger partial charge in [0.15, 0.2) is 0 Å². The van der Waals surface area contributed by atoms with E-state index in [-0.39, 0.29) is 23.2 Å². The maximum absolute atomic E-state index is 11.9. The number of anilines is 1. The largest absolute Gasteiger partial charge is 0.477 e. The summed E-state index contributed by atoms with van der Waals surface area (Å²) in [6.07, 6.45) is 1.24. The molecule has 2 heterocycles. The maximum Gasteiger partial charge on any atom is 0.354 e. The van der Waals surface area contributed by atoms with Gasteiger partial charge in [0.2, 0.25) is 10.0 Å². The molecular formula is C11H16N2O5S. The summed E-state index contributed by atoms with van der Waals surface area (Å²) in [4.78, 5) is 13.6. The van der Waals surface area contributed by atoms with E-state index < -0.39 is 16.0 Å². The van der Waals surface area contributed by atoms with Gasteiger partial charge in [-0.1, -0.05) is 0 Å². The zero-order chi connectivity index (χ0) is 14.0. The highest BCUT2D eigenvalue weighted by Crippen LogP contribution is 2.20. The van der Waals surface area contributed by atoms with E-state index in [1.807, 2.05) is 0 Å². The minimum absolute atomic E-state index is 0.0583. The standard InChI is InChI=1S/C11H16N2O5S/c1-7-5-9(10(12-7)11(14)15)13-19(16,17)6-8-3-2-4-18-8/h5,8,12-13H,2-4,6H2,1H3,(H,14,15). The van der Waals surface area contributed by atoms with E-state index >= 15 is 0 Å². The smallest absolute Gasteiger partial charge is 0.354 e. The molecule has 1 fully saturated rings. The molecule has 1 aromatic rings. The highest BCUT2D eigenvalue weighted by molar-refractivity contribution is 7.92. The lowest BCUT2D eigenvalue weighted by molar-refractivity contribution is 0.0692. The van der Waals surface area contributed by atoms with Crippen molar-refractivity contribution in [3.05, 3.63) is 17.5 Å². The van der Waals surface area contributed by atoms with Crippen molar-refractivity contribution in [2.24, 2.45) is 0 Å². The molecule has 0 aliphatic carbocycles. The Hall–Kier alpha value is -1.54. The lowest BCUT2D eigenvalue weighted by Gasteiger charge is -2.11. The monoisotopic (exact) mass is 288 g/mol. The molecule has 1 unspecified atom stereocenters. The number of aryl methyl sites for hydroxylation is 1. The Kier molecular flexibility index (Phi) is 3.81. The van der Waals surface area contributed by atoms with Crippen LogP contribution in [0.25, 0.3) is 0 Å². The number of nitrogens with one attached hydrogen (secondary N) is 2. The topological polar surface area (TPSA) is 108 Å². The first-order chi connectivity index (χ1) is 8.87. The second-order valence-corrected chi connectivity index (χ2v) is 6.33. The van der Waals surface area contributed by atoms with Gasteiger partial charge in [0.05, 0.1) is 17.5 Å². The summed E-state index contributed by atoms with van der Waals surface area (Å²) in [5.74, 6) is -1.36. The van der Waals surface area contributed by atoms with Crippen LogP contribution in [0.15, 0.2) is 6.07 Å². The lowest BCUT2D eigenvalue weighted by atomic mass is 10.3. The van der Waals surface area contributed by atoms with Gasteiger partial charge in [-0.25, -0.2) is 13.2 Å². The third kappa shape index (κ3) is 3.48. The zero-order valence-corrected chi connectivity index (χ0v) is 11.3. The molecule has 1 aliphatic heterocycles. The van der Waals surface area contributed by atoms with Crippen molar-refractivity contribution in [1.82, 2.24) is 4.98 Å². The molecule has 0 aromatic carbocycles. The van der Waals surface area contributed by atoms with Crippen molar-refractivity contribution >= 4 is 21.7 Å². The number of H-pyrrole nitrogens is 1. The molecule has 1 saturated heterocycles. The molecule has 3 N–H and O–H groups in total. The first kappa shape index (κ1) is 13.9. The first-order valence-electron chi connectivity index (χ1n) is 5.92. The molecule has 2 rings (SSSR count). The molecule has 0 spiro atoms. The summed E-state index contributed by atoms with van der Waals surface area (Å²) in [6, 6.07) is 1.45. The average molecular weight is 288 g/mol. The molecule has 0 saturated carbocycles. The van der Waals surface area contributed by atoms with Gasteiger partial charge in [-0.05, 0) is 25.8 Å². The van der Waals surface area contributed by atoms with Crippen molar-refractivity contribution in [2.45, 2.75) is 25.9 Å². The van der Waals surface area contributed by atoms with Crippen LogP contribution >= 0.6 is 0 Å². The number of rotatable bonds is 5. The number of carboxylic acids is 1. The van der Waals surface area contributed by atoms with Gasteiger partial charge in [0, 0.05) is 12.3 Å². The Balaban J connectivity index is 2.13. The number of carbonyl (C=O) groups is 1. The van der Waals surface area contributed by atoms with Crippen LogP contribution in [0.3, 0.4) is 0 Å². The van der Waals surface area contributed by atoms with Crippen molar-refractivity contribution in [3.8, 4) is 0 Å². The van der Waals surface area contributed by atoms with Gasteiger partial charge in [0.25, 0.3) is 0 Å². The van der Waals surface area contributed by atoms with Crippen molar-refractivity contribution in [3.63, 3.8) is 0 Å². The summed E-state index contributed by atoms with van der Waals surface area (Å²) < 4.78 is 31.4.